The Hall–Kier alpha value is -0.573. The summed E-state index contributed by atoms with van der Waals surface area (Å²) in [6.45, 7) is 8.22. The fraction of sp³-hybridized carbons (Fsp3) is 0.727. The lowest BCUT2D eigenvalue weighted by molar-refractivity contribution is -0.134. The molecular weight excluding hydrogens is 192 g/mol. The van der Waals surface area contributed by atoms with E-state index in [1.807, 2.05) is 25.7 Å². The third-order valence-electron chi connectivity index (χ3n) is 1.60. The Morgan fingerprint density at radius 1 is 1.29 bits per heavy atom. The molecule has 0 aromatic carbocycles. The minimum atomic E-state index is -1.68. The minimum absolute atomic E-state index is 0.0862. The van der Waals surface area contributed by atoms with Crippen molar-refractivity contribution in [1.29, 1.82) is 0 Å². The first-order valence-corrected chi connectivity index (χ1v) is 8.73. The SMILES string of the molecule is CCCC/C=C/CC(=O)O[Si](C)(C)C. The molecule has 14 heavy (non-hydrogen) atoms. The fourth-order valence-electron chi connectivity index (χ4n) is 1.00. The zero-order valence-electron chi connectivity index (χ0n) is 9.80. The van der Waals surface area contributed by atoms with Crippen molar-refractivity contribution in [3.05, 3.63) is 12.2 Å². The summed E-state index contributed by atoms with van der Waals surface area (Å²) in [6, 6.07) is 0. The van der Waals surface area contributed by atoms with E-state index >= 15 is 0 Å². The number of hydrogen-bond acceptors (Lipinski definition) is 2. The summed E-state index contributed by atoms with van der Waals surface area (Å²) >= 11 is 0. The van der Waals surface area contributed by atoms with E-state index in [1.165, 1.54) is 12.8 Å². The maximum Gasteiger partial charge on any atom is 0.296 e. The lowest BCUT2D eigenvalue weighted by Crippen LogP contribution is -2.28. The summed E-state index contributed by atoms with van der Waals surface area (Å²) in [7, 11) is -1.68. The van der Waals surface area contributed by atoms with Crippen molar-refractivity contribution >= 4 is 14.3 Å². The second-order valence-electron chi connectivity index (χ2n) is 4.40. The van der Waals surface area contributed by atoms with Crippen LogP contribution in [0.25, 0.3) is 0 Å². The standard InChI is InChI=1S/C11H22O2Si/c1-5-6-7-8-9-10-11(12)13-14(2,3)4/h8-9H,5-7,10H2,1-4H3/b9-8+. The molecule has 0 amide bonds. The van der Waals surface area contributed by atoms with Crippen molar-refractivity contribution in [2.24, 2.45) is 0 Å². The van der Waals surface area contributed by atoms with Gasteiger partial charge in [-0.3, -0.25) is 4.79 Å². The first kappa shape index (κ1) is 13.4. The highest BCUT2D eigenvalue weighted by Gasteiger charge is 2.18. The lowest BCUT2D eigenvalue weighted by Gasteiger charge is -2.16. The third kappa shape index (κ3) is 9.51. The molecule has 0 heterocycles. The van der Waals surface area contributed by atoms with Gasteiger partial charge in [0.15, 0.2) is 0 Å². The number of unbranched alkanes of at least 4 members (excludes halogenated alkanes) is 2. The molecule has 0 fully saturated rings. The molecule has 0 saturated carbocycles. The number of hydrogen-bond donors (Lipinski definition) is 0. The van der Waals surface area contributed by atoms with Gasteiger partial charge in [0.2, 0.25) is 8.32 Å². The maximum absolute atomic E-state index is 11.3. The van der Waals surface area contributed by atoms with Gasteiger partial charge in [0.25, 0.3) is 5.97 Å². The minimum Gasteiger partial charge on any atom is -0.520 e. The van der Waals surface area contributed by atoms with Crippen molar-refractivity contribution in [2.75, 3.05) is 0 Å². The van der Waals surface area contributed by atoms with E-state index < -0.39 is 8.32 Å². The molecule has 0 bridgehead atoms. The van der Waals surface area contributed by atoms with Gasteiger partial charge in [-0.05, 0) is 26.1 Å². The zero-order chi connectivity index (χ0) is 11.0. The Bertz CT molecular complexity index is 192. The monoisotopic (exact) mass is 214 g/mol. The van der Waals surface area contributed by atoms with Crippen molar-refractivity contribution in [3.8, 4) is 0 Å². The molecule has 0 rings (SSSR count). The average molecular weight is 214 g/mol. The van der Waals surface area contributed by atoms with Crippen LogP contribution in [0.4, 0.5) is 0 Å². The smallest absolute Gasteiger partial charge is 0.296 e. The second-order valence-corrected chi connectivity index (χ2v) is 8.83. The molecule has 0 aromatic heterocycles. The Morgan fingerprint density at radius 3 is 2.43 bits per heavy atom. The van der Waals surface area contributed by atoms with Gasteiger partial charge in [-0.1, -0.05) is 31.9 Å². The first-order valence-electron chi connectivity index (χ1n) is 5.32. The van der Waals surface area contributed by atoms with Crippen LogP contribution in [0.2, 0.25) is 19.6 Å². The Balaban J connectivity index is 3.59. The molecule has 0 N–H and O–H groups in total. The molecule has 82 valence electrons. The van der Waals surface area contributed by atoms with Crippen LogP contribution in [0.3, 0.4) is 0 Å². The number of carbonyl (C=O) groups is 1. The van der Waals surface area contributed by atoms with Crippen LogP contribution in [0.15, 0.2) is 12.2 Å². The van der Waals surface area contributed by atoms with Gasteiger partial charge in [-0.15, -0.1) is 0 Å². The molecule has 0 unspecified atom stereocenters. The third-order valence-corrected chi connectivity index (χ3v) is 2.44. The van der Waals surface area contributed by atoms with E-state index in [0.717, 1.165) is 6.42 Å². The average Bonchev–Trinajstić information content (AvgIpc) is 2.00. The van der Waals surface area contributed by atoms with Gasteiger partial charge in [0.1, 0.15) is 0 Å². The molecule has 0 aromatic rings. The summed E-state index contributed by atoms with van der Waals surface area (Å²) in [5.41, 5.74) is 0. The number of allylic oxidation sites excluding steroid dienone is 1. The summed E-state index contributed by atoms with van der Waals surface area (Å²) in [5.74, 6) is -0.0862. The molecule has 0 spiro atoms. The zero-order valence-corrected chi connectivity index (χ0v) is 10.8. The number of carbonyl (C=O) groups excluding carboxylic acids is 1. The molecule has 0 aliphatic heterocycles. The van der Waals surface area contributed by atoms with Crippen molar-refractivity contribution in [1.82, 2.24) is 0 Å². The maximum atomic E-state index is 11.3. The quantitative estimate of drug-likeness (QED) is 0.384. The molecule has 0 aliphatic carbocycles. The van der Waals surface area contributed by atoms with Crippen LogP contribution in [0, 0.1) is 0 Å². The van der Waals surface area contributed by atoms with E-state index in [9.17, 15) is 4.79 Å². The van der Waals surface area contributed by atoms with Crippen LogP contribution in [0.1, 0.15) is 32.6 Å². The molecule has 0 radical (unpaired) electrons. The molecule has 0 atom stereocenters. The first-order chi connectivity index (χ1) is 6.45. The van der Waals surface area contributed by atoms with Crippen molar-refractivity contribution in [2.45, 2.75) is 52.2 Å². The normalized spacial score (nSPS) is 12.0. The van der Waals surface area contributed by atoms with Gasteiger partial charge in [-0.25, -0.2) is 0 Å². The predicted octanol–water partition coefficient (Wildman–Crippen LogP) is 3.50. The van der Waals surface area contributed by atoms with E-state index in [1.54, 1.807) is 0 Å². The van der Waals surface area contributed by atoms with E-state index in [4.69, 9.17) is 4.43 Å². The molecular formula is C11H22O2Si. The fourth-order valence-corrected chi connectivity index (χ4v) is 1.77. The van der Waals surface area contributed by atoms with Gasteiger partial charge in [0.05, 0.1) is 6.42 Å². The van der Waals surface area contributed by atoms with Gasteiger partial charge < -0.3 is 4.43 Å². The summed E-state index contributed by atoms with van der Waals surface area (Å²) in [4.78, 5) is 11.3. The summed E-state index contributed by atoms with van der Waals surface area (Å²) < 4.78 is 5.29. The molecule has 2 nitrogen and oxygen atoms in total. The second kappa shape index (κ2) is 6.82. The lowest BCUT2D eigenvalue weighted by atomic mass is 10.2. The van der Waals surface area contributed by atoms with E-state index in [0.29, 0.717) is 6.42 Å². The van der Waals surface area contributed by atoms with Crippen LogP contribution in [0.5, 0.6) is 0 Å². The summed E-state index contributed by atoms with van der Waals surface area (Å²) in [5, 5.41) is 0. The van der Waals surface area contributed by atoms with E-state index in [2.05, 4.69) is 13.0 Å². The molecule has 0 saturated heterocycles. The van der Waals surface area contributed by atoms with Crippen LogP contribution in [-0.4, -0.2) is 14.3 Å². The van der Waals surface area contributed by atoms with Crippen molar-refractivity contribution < 1.29 is 9.22 Å². The highest BCUT2D eigenvalue weighted by molar-refractivity contribution is 6.71. The topological polar surface area (TPSA) is 26.3 Å². The van der Waals surface area contributed by atoms with Gasteiger partial charge in [0, 0.05) is 0 Å². The van der Waals surface area contributed by atoms with Crippen LogP contribution in [-0.2, 0) is 9.22 Å². The number of rotatable bonds is 6. The van der Waals surface area contributed by atoms with Crippen molar-refractivity contribution in [3.63, 3.8) is 0 Å². The molecule has 0 aliphatic rings. The van der Waals surface area contributed by atoms with Gasteiger partial charge >= 0.3 is 0 Å². The Kier molecular flexibility index (Phi) is 6.54. The van der Waals surface area contributed by atoms with Crippen LogP contribution >= 0.6 is 0 Å². The highest BCUT2D eigenvalue weighted by atomic mass is 28.4. The summed E-state index contributed by atoms with van der Waals surface area (Å²) in [6.07, 6.45) is 7.86. The molecule has 3 heteroatoms. The largest absolute Gasteiger partial charge is 0.520 e. The van der Waals surface area contributed by atoms with Gasteiger partial charge in [-0.2, -0.15) is 0 Å². The predicted molar refractivity (Wildman–Crippen MR) is 62.7 cm³/mol. The Morgan fingerprint density at radius 2 is 1.93 bits per heavy atom. The van der Waals surface area contributed by atoms with E-state index in [-0.39, 0.29) is 5.97 Å². The highest BCUT2D eigenvalue weighted by Crippen LogP contribution is 2.05. The Labute approximate surface area is 88.5 Å². The van der Waals surface area contributed by atoms with Crippen LogP contribution < -0.4 is 0 Å².